The zero-order valence-electron chi connectivity index (χ0n) is 15.4. The lowest BCUT2D eigenvalue weighted by atomic mass is 10.1. The molecule has 1 aliphatic rings. The molecule has 0 saturated heterocycles. The Labute approximate surface area is 187 Å². The van der Waals surface area contributed by atoms with Crippen LogP contribution >= 0.6 is 34.2 Å². The Morgan fingerprint density at radius 1 is 1.07 bits per heavy atom. The normalized spacial score (nSPS) is 14.3. The molecule has 5 nitrogen and oxygen atoms in total. The molecule has 0 N–H and O–H groups in total. The first-order chi connectivity index (χ1) is 14.0. The summed E-state index contributed by atoms with van der Waals surface area (Å²) in [6.07, 6.45) is 4.90. The number of halogens is 2. The van der Waals surface area contributed by atoms with Crippen LogP contribution in [0.1, 0.15) is 11.1 Å². The largest absolute Gasteiger partial charge is 0.486 e. The molecule has 0 radical (unpaired) electrons. The SMILES string of the molecule is C=CCOc1ccc(/C=C2/N=C(c3cc(I)ccc3Cl)OC2=O)cc1OCC=C. The summed E-state index contributed by atoms with van der Waals surface area (Å²) >= 11 is 8.38. The summed E-state index contributed by atoms with van der Waals surface area (Å²) < 4.78 is 17.5. The molecule has 0 saturated carbocycles. The standard InChI is InChI=1S/C22H17ClINO4/c1-3-9-27-19-8-5-14(12-20(19)28-10-4-2)11-18-22(26)29-21(25-18)16-13-15(24)6-7-17(16)23/h3-8,11-13H,1-2,9-10H2/b18-11+. The zero-order valence-corrected chi connectivity index (χ0v) is 18.3. The Hall–Kier alpha value is -2.58. The first-order valence-electron chi connectivity index (χ1n) is 8.61. The van der Waals surface area contributed by atoms with Crippen molar-refractivity contribution in [1.82, 2.24) is 0 Å². The molecule has 1 heterocycles. The Kier molecular flexibility index (Phi) is 7.11. The number of benzene rings is 2. The lowest BCUT2D eigenvalue weighted by molar-refractivity contribution is -0.129. The molecule has 0 spiro atoms. The van der Waals surface area contributed by atoms with Crippen LogP contribution in [0.2, 0.25) is 5.02 Å². The van der Waals surface area contributed by atoms with Gasteiger partial charge in [0.25, 0.3) is 0 Å². The fourth-order valence-corrected chi connectivity index (χ4v) is 3.18. The molecule has 0 atom stereocenters. The van der Waals surface area contributed by atoms with Gasteiger partial charge in [0.05, 0.1) is 10.6 Å². The molecule has 0 aromatic heterocycles. The smallest absolute Gasteiger partial charge is 0.363 e. The van der Waals surface area contributed by atoms with Crippen LogP contribution in [0.3, 0.4) is 0 Å². The Morgan fingerprint density at radius 3 is 2.52 bits per heavy atom. The van der Waals surface area contributed by atoms with Crippen LogP contribution in [0.5, 0.6) is 11.5 Å². The van der Waals surface area contributed by atoms with Crippen LogP contribution in [0.4, 0.5) is 0 Å². The van der Waals surface area contributed by atoms with Crippen LogP contribution < -0.4 is 9.47 Å². The van der Waals surface area contributed by atoms with Crippen molar-refractivity contribution in [3.8, 4) is 11.5 Å². The van der Waals surface area contributed by atoms with E-state index in [1.807, 2.05) is 12.1 Å². The highest BCUT2D eigenvalue weighted by Crippen LogP contribution is 2.31. The van der Waals surface area contributed by atoms with E-state index in [1.54, 1.807) is 42.5 Å². The summed E-state index contributed by atoms with van der Waals surface area (Å²) in [6, 6.07) is 10.7. The average Bonchev–Trinajstić information content (AvgIpc) is 3.07. The maximum Gasteiger partial charge on any atom is 0.363 e. The third kappa shape index (κ3) is 5.27. The van der Waals surface area contributed by atoms with Crippen LogP contribution in [0.15, 0.2) is 72.4 Å². The number of carbonyl (C=O) groups is 1. The molecule has 0 unspecified atom stereocenters. The summed E-state index contributed by atoms with van der Waals surface area (Å²) in [4.78, 5) is 16.6. The number of ether oxygens (including phenoxy) is 3. The highest BCUT2D eigenvalue weighted by molar-refractivity contribution is 14.1. The van der Waals surface area contributed by atoms with Gasteiger partial charge in [-0.3, -0.25) is 0 Å². The molecule has 1 aliphatic heterocycles. The second-order valence-electron chi connectivity index (χ2n) is 5.87. The Morgan fingerprint density at radius 2 is 1.79 bits per heavy atom. The van der Waals surface area contributed by atoms with Gasteiger partial charge in [0.2, 0.25) is 5.90 Å². The van der Waals surface area contributed by atoms with E-state index >= 15 is 0 Å². The third-order valence-corrected chi connectivity index (χ3v) is 4.76. The predicted molar refractivity (Wildman–Crippen MR) is 123 cm³/mol. The highest BCUT2D eigenvalue weighted by Gasteiger charge is 2.26. The van der Waals surface area contributed by atoms with E-state index in [4.69, 9.17) is 25.8 Å². The molecular weight excluding hydrogens is 505 g/mol. The van der Waals surface area contributed by atoms with Crippen molar-refractivity contribution in [2.45, 2.75) is 0 Å². The first-order valence-corrected chi connectivity index (χ1v) is 10.1. The van der Waals surface area contributed by atoms with Gasteiger partial charge in [-0.1, -0.05) is 43.0 Å². The van der Waals surface area contributed by atoms with Crippen molar-refractivity contribution in [3.63, 3.8) is 0 Å². The van der Waals surface area contributed by atoms with Gasteiger partial charge >= 0.3 is 5.97 Å². The minimum atomic E-state index is -0.546. The van der Waals surface area contributed by atoms with Crippen molar-refractivity contribution in [1.29, 1.82) is 0 Å². The van der Waals surface area contributed by atoms with E-state index in [0.717, 1.165) is 3.57 Å². The van der Waals surface area contributed by atoms with E-state index in [1.165, 1.54) is 0 Å². The molecule has 0 fully saturated rings. The minimum absolute atomic E-state index is 0.171. The topological polar surface area (TPSA) is 57.1 Å². The molecule has 0 amide bonds. The van der Waals surface area contributed by atoms with Crippen molar-refractivity contribution < 1.29 is 19.0 Å². The van der Waals surface area contributed by atoms with E-state index in [2.05, 4.69) is 40.7 Å². The van der Waals surface area contributed by atoms with Gasteiger partial charge in [-0.15, -0.1) is 0 Å². The molecule has 0 aliphatic carbocycles. The van der Waals surface area contributed by atoms with Crippen molar-refractivity contribution in [2.75, 3.05) is 13.2 Å². The summed E-state index contributed by atoms with van der Waals surface area (Å²) in [5.74, 6) is 0.726. The van der Waals surface area contributed by atoms with Crippen molar-refractivity contribution in [2.24, 2.45) is 4.99 Å². The van der Waals surface area contributed by atoms with Gasteiger partial charge in [-0.05, 0) is 64.6 Å². The number of carbonyl (C=O) groups excluding carboxylic acids is 1. The first kappa shape index (κ1) is 21.1. The van der Waals surface area contributed by atoms with E-state index in [0.29, 0.717) is 40.9 Å². The number of cyclic esters (lactones) is 1. The number of hydrogen-bond donors (Lipinski definition) is 0. The maximum atomic E-state index is 12.3. The molecule has 3 rings (SSSR count). The maximum absolute atomic E-state index is 12.3. The second kappa shape index (κ2) is 9.76. The van der Waals surface area contributed by atoms with Gasteiger partial charge in [0.15, 0.2) is 17.2 Å². The molecule has 148 valence electrons. The van der Waals surface area contributed by atoms with Crippen LogP contribution in [-0.4, -0.2) is 25.1 Å². The lowest BCUT2D eigenvalue weighted by Gasteiger charge is -2.11. The molecule has 2 aromatic rings. The van der Waals surface area contributed by atoms with Gasteiger partial charge in [-0.25, -0.2) is 9.79 Å². The summed E-state index contributed by atoms with van der Waals surface area (Å²) in [7, 11) is 0. The van der Waals surface area contributed by atoms with Gasteiger partial charge in [-0.2, -0.15) is 0 Å². The minimum Gasteiger partial charge on any atom is -0.486 e. The molecule has 7 heteroatoms. The number of esters is 1. The molecular formula is C22H17ClINO4. The molecule has 2 aromatic carbocycles. The number of hydrogen-bond acceptors (Lipinski definition) is 5. The van der Waals surface area contributed by atoms with E-state index < -0.39 is 5.97 Å². The van der Waals surface area contributed by atoms with E-state index in [-0.39, 0.29) is 11.6 Å². The monoisotopic (exact) mass is 521 g/mol. The van der Waals surface area contributed by atoms with Crippen LogP contribution in [-0.2, 0) is 9.53 Å². The Bertz CT molecular complexity index is 1030. The quantitative estimate of drug-likeness (QED) is 0.202. The molecule has 0 bridgehead atoms. The fourth-order valence-electron chi connectivity index (χ4n) is 2.49. The van der Waals surface area contributed by atoms with Gasteiger partial charge in [0.1, 0.15) is 13.2 Å². The summed E-state index contributed by atoms with van der Waals surface area (Å²) in [6.45, 7) is 7.96. The zero-order chi connectivity index (χ0) is 20.8. The molecule has 29 heavy (non-hydrogen) atoms. The third-order valence-electron chi connectivity index (χ3n) is 3.76. The predicted octanol–water partition coefficient (Wildman–Crippen LogP) is 5.42. The van der Waals surface area contributed by atoms with Crippen LogP contribution in [0.25, 0.3) is 6.08 Å². The van der Waals surface area contributed by atoms with Gasteiger partial charge in [0, 0.05) is 3.57 Å². The van der Waals surface area contributed by atoms with Crippen molar-refractivity contribution >= 4 is 52.1 Å². The van der Waals surface area contributed by atoms with Gasteiger partial charge < -0.3 is 14.2 Å². The number of nitrogens with zero attached hydrogens (tertiary/aromatic N) is 1. The summed E-state index contributed by atoms with van der Waals surface area (Å²) in [5, 5.41) is 0.460. The average molecular weight is 522 g/mol. The Balaban J connectivity index is 1.93. The van der Waals surface area contributed by atoms with Crippen molar-refractivity contribution in [3.05, 3.63) is 87.1 Å². The summed E-state index contributed by atoms with van der Waals surface area (Å²) in [5.41, 5.74) is 1.45. The second-order valence-corrected chi connectivity index (χ2v) is 7.52. The lowest BCUT2D eigenvalue weighted by Crippen LogP contribution is -2.06. The van der Waals surface area contributed by atoms with Crippen LogP contribution in [0, 0.1) is 3.57 Å². The number of aliphatic imine (C=N–C) groups is 1. The highest BCUT2D eigenvalue weighted by atomic mass is 127. The van der Waals surface area contributed by atoms with E-state index in [9.17, 15) is 4.79 Å². The fraction of sp³-hybridized carbons (Fsp3) is 0.0909. The number of rotatable bonds is 8.